The van der Waals surface area contributed by atoms with Gasteiger partial charge in [-0.05, 0) is 30.7 Å². The highest BCUT2D eigenvalue weighted by atomic mass is 32.2. The highest BCUT2D eigenvalue weighted by Gasteiger charge is 2.08. The van der Waals surface area contributed by atoms with Gasteiger partial charge in [-0.3, -0.25) is 10.2 Å². The van der Waals surface area contributed by atoms with Crippen LogP contribution in [0.5, 0.6) is 0 Å². The molecule has 0 aliphatic carbocycles. The van der Waals surface area contributed by atoms with Crippen molar-refractivity contribution in [3.8, 4) is 0 Å². The number of benzene rings is 1. The Bertz CT molecular complexity index is 514. The van der Waals surface area contributed by atoms with Crippen molar-refractivity contribution in [1.29, 1.82) is 5.41 Å². The van der Waals surface area contributed by atoms with Gasteiger partial charge in [0.2, 0.25) is 5.91 Å². The molecular formula is C12H14FN3OS. The van der Waals surface area contributed by atoms with Crippen LogP contribution in [0.25, 0.3) is 5.57 Å². The zero-order valence-electron chi connectivity index (χ0n) is 9.87. The van der Waals surface area contributed by atoms with Gasteiger partial charge in [0.1, 0.15) is 5.82 Å². The first-order valence-corrected chi connectivity index (χ1v) is 6.13. The first-order chi connectivity index (χ1) is 8.41. The number of nitrogens with one attached hydrogen (secondary N) is 1. The van der Waals surface area contributed by atoms with Crippen molar-refractivity contribution in [2.45, 2.75) is 6.92 Å². The van der Waals surface area contributed by atoms with Gasteiger partial charge < -0.3 is 11.5 Å². The highest BCUT2D eigenvalue weighted by Crippen LogP contribution is 2.20. The molecule has 1 amide bonds. The third kappa shape index (κ3) is 3.89. The van der Waals surface area contributed by atoms with Crippen molar-refractivity contribution in [1.82, 2.24) is 0 Å². The molecule has 0 saturated carbocycles. The monoisotopic (exact) mass is 267 g/mol. The van der Waals surface area contributed by atoms with Crippen LogP contribution in [0.15, 0.2) is 24.3 Å². The predicted octanol–water partition coefficient (Wildman–Crippen LogP) is 1.95. The normalized spacial score (nSPS) is 11.3. The third-order valence-corrected chi connectivity index (χ3v) is 2.95. The maximum absolute atomic E-state index is 13.6. The summed E-state index contributed by atoms with van der Waals surface area (Å²) in [5, 5.41) is 7.06. The predicted molar refractivity (Wildman–Crippen MR) is 72.9 cm³/mol. The summed E-state index contributed by atoms with van der Waals surface area (Å²) < 4.78 is 13.6. The van der Waals surface area contributed by atoms with Gasteiger partial charge in [0.25, 0.3) is 0 Å². The molecule has 0 heterocycles. The van der Waals surface area contributed by atoms with E-state index in [1.807, 2.05) is 0 Å². The zero-order valence-corrected chi connectivity index (χ0v) is 10.7. The van der Waals surface area contributed by atoms with E-state index in [2.05, 4.69) is 0 Å². The van der Waals surface area contributed by atoms with E-state index in [1.165, 1.54) is 18.2 Å². The van der Waals surface area contributed by atoms with Gasteiger partial charge in [0.15, 0.2) is 5.17 Å². The smallest absolute Gasteiger partial charge is 0.248 e. The van der Waals surface area contributed by atoms with Gasteiger partial charge in [0, 0.05) is 16.9 Å². The summed E-state index contributed by atoms with van der Waals surface area (Å²) in [6, 6.07) is 3.98. The fraction of sp³-hybridized carbons (Fsp3) is 0.167. The molecule has 0 unspecified atom stereocenters. The molecule has 0 bridgehead atoms. The number of primary amides is 1. The van der Waals surface area contributed by atoms with Crippen LogP contribution in [-0.4, -0.2) is 16.8 Å². The molecule has 96 valence electrons. The Morgan fingerprint density at radius 2 is 2.17 bits per heavy atom. The molecule has 6 heteroatoms. The Morgan fingerprint density at radius 3 is 2.72 bits per heavy atom. The van der Waals surface area contributed by atoms with Gasteiger partial charge in [-0.25, -0.2) is 4.39 Å². The Morgan fingerprint density at radius 1 is 1.50 bits per heavy atom. The van der Waals surface area contributed by atoms with Crippen molar-refractivity contribution in [3.63, 3.8) is 0 Å². The van der Waals surface area contributed by atoms with Crippen LogP contribution in [0.3, 0.4) is 0 Å². The third-order valence-electron chi connectivity index (χ3n) is 2.30. The molecule has 0 aliphatic rings. The quantitative estimate of drug-likeness (QED) is 0.575. The number of nitrogens with two attached hydrogens (primary N) is 2. The Hall–Kier alpha value is -1.82. The van der Waals surface area contributed by atoms with Crippen molar-refractivity contribution in [3.05, 3.63) is 41.2 Å². The van der Waals surface area contributed by atoms with E-state index in [9.17, 15) is 9.18 Å². The number of carbonyl (C=O) groups excluding carboxylic acids is 1. The summed E-state index contributed by atoms with van der Waals surface area (Å²) in [7, 11) is 0. The first kappa shape index (κ1) is 14.2. The van der Waals surface area contributed by atoms with Crippen LogP contribution in [-0.2, 0) is 0 Å². The van der Waals surface area contributed by atoms with Crippen LogP contribution in [0, 0.1) is 11.2 Å². The van der Waals surface area contributed by atoms with Crippen LogP contribution in [0.4, 0.5) is 4.39 Å². The lowest BCUT2D eigenvalue weighted by Gasteiger charge is -2.05. The van der Waals surface area contributed by atoms with Crippen molar-refractivity contribution >= 4 is 28.4 Å². The van der Waals surface area contributed by atoms with Crippen LogP contribution < -0.4 is 11.5 Å². The van der Waals surface area contributed by atoms with Crippen molar-refractivity contribution < 1.29 is 9.18 Å². The maximum atomic E-state index is 13.6. The minimum Gasteiger partial charge on any atom is -0.379 e. The molecular weight excluding hydrogens is 253 g/mol. The average molecular weight is 267 g/mol. The SMILES string of the molecule is C/C(=C\CSC(=N)N)c1cc(C(N)=O)ccc1F. The average Bonchev–Trinajstić information content (AvgIpc) is 2.28. The number of amidine groups is 1. The molecule has 1 aromatic rings. The minimum atomic E-state index is -0.595. The molecule has 18 heavy (non-hydrogen) atoms. The van der Waals surface area contributed by atoms with Crippen LogP contribution in [0.2, 0.25) is 0 Å². The fourth-order valence-corrected chi connectivity index (χ4v) is 1.86. The van der Waals surface area contributed by atoms with Gasteiger partial charge in [-0.1, -0.05) is 17.8 Å². The molecule has 1 aromatic carbocycles. The summed E-state index contributed by atoms with van der Waals surface area (Å²) in [4.78, 5) is 11.0. The zero-order chi connectivity index (χ0) is 13.7. The summed E-state index contributed by atoms with van der Waals surface area (Å²) in [5.41, 5.74) is 11.6. The van der Waals surface area contributed by atoms with E-state index in [4.69, 9.17) is 16.9 Å². The fourth-order valence-electron chi connectivity index (χ4n) is 1.35. The molecule has 0 radical (unpaired) electrons. The molecule has 0 atom stereocenters. The standard InChI is InChI=1S/C12H14FN3OS/c1-7(4-5-18-12(15)16)9-6-8(11(14)17)2-3-10(9)13/h2-4,6H,5H2,1H3,(H2,14,17)(H3,15,16)/b7-4+. The van der Waals surface area contributed by atoms with E-state index < -0.39 is 11.7 Å². The molecule has 5 N–H and O–H groups in total. The molecule has 0 aromatic heterocycles. The molecule has 4 nitrogen and oxygen atoms in total. The Balaban J connectivity index is 2.96. The number of allylic oxidation sites excluding steroid dienone is 1. The summed E-state index contributed by atoms with van der Waals surface area (Å²) in [6.07, 6.45) is 1.75. The van der Waals surface area contributed by atoms with Gasteiger partial charge in [-0.2, -0.15) is 0 Å². The van der Waals surface area contributed by atoms with Crippen LogP contribution >= 0.6 is 11.8 Å². The lowest BCUT2D eigenvalue weighted by atomic mass is 10.0. The Kier molecular flexibility index (Phi) is 4.91. The van der Waals surface area contributed by atoms with Crippen molar-refractivity contribution in [2.24, 2.45) is 11.5 Å². The number of hydrogen-bond acceptors (Lipinski definition) is 3. The van der Waals surface area contributed by atoms with Crippen LogP contribution in [0.1, 0.15) is 22.8 Å². The number of amides is 1. The maximum Gasteiger partial charge on any atom is 0.248 e. The number of hydrogen-bond donors (Lipinski definition) is 3. The number of thioether (sulfide) groups is 1. The molecule has 1 rings (SSSR count). The van der Waals surface area contributed by atoms with E-state index in [-0.39, 0.29) is 10.7 Å². The minimum absolute atomic E-state index is 0.00501. The van der Waals surface area contributed by atoms with Gasteiger partial charge >= 0.3 is 0 Å². The van der Waals surface area contributed by atoms with Crippen molar-refractivity contribution in [2.75, 3.05) is 5.75 Å². The second-order valence-electron chi connectivity index (χ2n) is 3.62. The largest absolute Gasteiger partial charge is 0.379 e. The highest BCUT2D eigenvalue weighted by molar-refractivity contribution is 8.13. The molecule has 0 saturated heterocycles. The summed E-state index contributed by atoms with van der Waals surface area (Å²) in [5.74, 6) is -0.537. The van der Waals surface area contributed by atoms with Gasteiger partial charge in [0.05, 0.1) is 0 Å². The summed E-state index contributed by atoms with van der Waals surface area (Å²) >= 11 is 1.14. The molecule has 0 fully saturated rings. The lowest BCUT2D eigenvalue weighted by Crippen LogP contribution is -2.11. The topological polar surface area (TPSA) is 93.0 Å². The molecule has 0 spiro atoms. The van der Waals surface area contributed by atoms with E-state index >= 15 is 0 Å². The summed E-state index contributed by atoms with van der Waals surface area (Å²) in [6.45, 7) is 1.73. The lowest BCUT2D eigenvalue weighted by molar-refractivity contribution is 0.1000. The second-order valence-corrected chi connectivity index (χ2v) is 4.68. The number of rotatable bonds is 4. The van der Waals surface area contributed by atoms with E-state index in [1.54, 1.807) is 13.0 Å². The van der Waals surface area contributed by atoms with E-state index in [0.29, 0.717) is 16.9 Å². The second kappa shape index (κ2) is 6.20. The molecule has 0 aliphatic heterocycles. The Labute approximate surface area is 109 Å². The van der Waals surface area contributed by atoms with E-state index in [0.717, 1.165) is 11.8 Å². The van der Waals surface area contributed by atoms with Gasteiger partial charge in [-0.15, -0.1) is 0 Å². The number of carbonyl (C=O) groups is 1. The number of halogens is 1. The first-order valence-electron chi connectivity index (χ1n) is 5.15.